The summed E-state index contributed by atoms with van der Waals surface area (Å²) in [6.45, 7) is 4.01. The van der Waals surface area contributed by atoms with Crippen LogP contribution in [0.2, 0.25) is 0 Å². The maximum atomic E-state index is 10.9. The highest BCUT2D eigenvalue weighted by molar-refractivity contribution is 5.75. The molecule has 0 atom stereocenters. The summed E-state index contributed by atoms with van der Waals surface area (Å²) in [6, 6.07) is 0. The monoisotopic (exact) mass is 559 g/mol. The van der Waals surface area contributed by atoms with Crippen molar-refractivity contribution in [1.29, 1.82) is 0 Å². The fourth-order valence-corrected chi connectivity index (χ4v) is 5.68. The Labute approximate surface area is 253 Å². The lowest BCUT2D eigenvalue weighted by Crippen LogP contribution is -1.89. The molecule has 0 spiro atoms. The SMILES string of the molecule is CCCCCCCCCCCCCCCC/C=C/CCCCC/C=C/CCCCCCCCCCCCC(C)=O. The van der Waals surface area contributed by atoms with Crippen molar-refractivity contribution in [2.24, 2.45) is 0 Å². The fraction of sp³-hybridized carbons (Fsp3) is 0.872. The lowest BCUT2D eigenvalue weighted by molar-refractivity contribution is -0.117. The van der Waals surface area contributed by atoms with Gasteiger partial charge in [0.1, 0.15) is 5.78 Å². The number of rotatable bonds is 34. The molecular formula is C39H74O. The minimum atomic E-state index is 0.346. The minimum absolute atomic E-state index is 0.346. The maximum absolute atomic E-state index is 10.9. The second-order valence-electron chi connectivity index (χ2n) is 12.7. The molecule has 1 nitrogen and oxygen atoms in total. The van der Waals surface area contributed by atoms with Gasteiger partial charge in [-0.1, -0.05) is 172 Å². The van der Waals surface area contributed by atoms with Crippen LogP contribution in [0.5, 0.6) is 0 Å². The Hall–Kier alpha value is -0.850. The summed E-state index contributed by atoms with van der Waals surface area (Å²) in [6.07, 6.45) is 53.4. The van der Waals surface area contributed by atoms with E-state index in [4.69, 9.17) is 0 Å². The predicted octanol–water partition coefficient (Wildman–Crippen LogP) is 14.2. The van der Waals surface area contributed by atoms with Gasteiger partial charge in [0.2, 0.25) is 0 Å². The third-order valence-electron chi connectivity index (χ3n) is 8.45. The van der Waals surface area contributed by atoms with Crippen molar-refractivity contribution in [2.75, 3.05) is 0 Å². The van der Waals surface area contributed by atoms with Crippen molar-refractivity contribution in [2.45, 2.75) is 219 Å². The Balaban J connectivity index is 3.15. The average Bonchev–Trinajstić information content (AvgIpc) is 2.95. The Bertz CT molecular complexity index is 531. The van der Waals surface area contributed by atoms with Gasteiger partial charge in [-0.3, -0.25) is 0 Å². The molecule has 0 saturated carbocycles. The molecule has 0 unspecified atom stereocenters. The van der Waals surface area contributed by atoms with Crippen molar-refractivity contribution in [3.8, 4) is 0 Å². The van der Waals surface area contributed by atoms with E-state index in [2.05, 4.69) is 31.2 Å². The van der Waals surface area contributed by atoms with Gasteiger partial charge in [-0.2, -0.15) is 0 Å². The summed E-state index contributed by atoms with van der Waals surface area (Å²) >= 11 is 0. The number of ketones is 1. The molecule has 0 heterocycles. The van der Waals surface area contributed by atoms with E-state index in [-0.39, 0.29) is 0 Å². The van der Waals surface area contributed by atoms with E-state index in [9.17, 15) is 4.79 Å². The first-order valence-corrected chi connectivity index (χ1v) is 18.6. The van der Waals surface area contributed by atoms with Crippen molar-refractivity contribution in [1.82, 2.24) is 0 Å². The molecule has 0 aliphatic rings. The van der Waals surface area contributed by atoms with E-state index in [1.54, 1.807) is 6.92 Å². The van der Waals surface area contributed by atoms with Gasteiger partial charge in [-0.25, -0.2) is 0 Å². The molecule has 0 saturated heterocycles. The topological polar surface area (TPSA) is 17.1 Å². The van der Waals surface area contributed by atoms with E-state index in [1.807, 2.05) is 0 Å². The second-order valence-corrected chi connectivity index (χ2v) is 12.7. The first-order valence-electron chi connectivity index (χ1n) is 18.6. The summed E-state index contributed by atoms with van der Waals surface area (Å²) < 4.78 is 0. The van der Waals surface area contributed by atoms with Gasteiger partial charge >= 0.3 is 0 Å². The van der Waals surface area contributed by atoms with Crippen molar-refractivity contribution in [3.63, 3.8) is 0 Å². The van der Waals surface area contributed by atoms with E-state index >= 15 is 0 Å². The highest BCUT2D eigenvalue weighted by Gasteiger charge is 1.96. The van der Waals surface area contributed by atoms with Crippen LogP contribution in [0.1, 0.15) is 219 Å². The van der Waals surface area contributed by atoms with E-state index < -0.39 is 0 Å². The first kappa shape index (κ1) is 39.1. The average molecular weight is 559 g/mol. The van der Waals surface area contributed by atoms with E-state index in [0.29, 0.717) is 5.78 Å². The van der Waals surface area contributed by atoms with Crippen molar-refractivity contribution < 1.29 is 4.79 Å². The number of hydrogen-bond donors (Lipinski definition) is 0. The number of allylic oxidation sites excluding steroid dienone is 4. The molecule has 0 radical (unpaired) electrons. The van der Waals surface area contributed by atoms with Crippen LogP contribution in [0.15, 0.2) is 24.3 Å². The zero-order valence-corrected chi connectivity index (χ0v) is 27.8. The molecule has 0 aliphatic carbocycles. The van der Waals surface area contributed by atoms with Gasteiger partial charge in [-0.15, -0.1) is 0 Å². The minimum Gasteiger partial charge on any atom is -0.300 e. The summed E-state index contributed by atoms with van der Waals surface area (Å²) in [4.78, 5) is 10.9. The van der Waals surface area contributed by atoms with Crippen LogP contribution in [0.25, 0.3) is 0 Å². The molecule has 1 heteroatoms. The lowest BCUT2D eigenvalue weighted by Gasteiger charge is -2.02. The third kappa shape index (κ3) is 37.1. The highest BCUT2D eigenvalue weighted by Crippen LogP contribution is 2.15. The van der Waals surface area contributed by atoms with Crippen molar-refractivity contribution >= 4 is 5.78 Å². The Morgan fingerprint density at radius 2 is 0.575 bits per heavy atom. The molecule has 0 aliphatic heterocycles. The molecule has 0 bridgehead atoms. The van der Waals surface area contributed by atoms with Crippen LogP contribution in [-0.2, 0) is 4.79 Å². The van der Waals surface area contributed by atoms with Crippen LogP contribution < -0.4 is 0 Å². The smallest absolute Gasteiger partial charge is 0.129 e. The second kappa shape index (κ2) is 36.2. The van der Waals surface area contributed by atoms with Crippen LogP contribution >= 0.6 is 0 Å². The number of Topliss-reactive ketones (excluding diaryl/α,β-unsaturated/α-hetero) is 1. The first-order chi connectivity index (χ1) is 19.8. The summed E-state index contributed by atoms with van der Waals surface area (Å²) in [5, 5.41) is 0. The number of carbonyl (C=O) groups excluding carboxylic acids is 1. The molecule has 236 valence electrons. The van der Waals surface area contributed by atoms with Gasteiger partial charge in [-0.05, 0) is 64.7 Å². The maximum Gasteiger partial charge on any atom is 0.129 e. The molecule has 0 N–H and O–H groups in total. The lowest BCUT2D eigenvalue weighted by atomic mass is 10.0. The van der Waals surface area contributed by atoms with Crippen LogP contribution in [0, 0.1) is 0 Å². The molecule has 0 aromatic heterocycles. The van der Waals surface area contributed by atoms with Gasteiger partial charge in [0, 0.05) is 6.42 Å². The van der Waals surface area contributed by atoms with Crippen LogP contribution in [0.4, 0.5) is 0 Å². The van der Waals surface area contributed by atoms with E-state index in [0.717, 1.165) is 12.8 Å². The molecular weight excluding hydrogens is 484 g/mol. The normalized spacial score (nSPS) is 11.8. The molecule has 0 rings (SSSR count). The zero-order chi connectivity index (χ0) is 29.0. The Kier molecular flexibility index (Phi) is 35.4. The van der Waals surface area contributed by atoms with Gasteiger partial charge in [0.15, 0.2) is 0 Å². The van der Waals surface area contributed by atoms with Crippen molar-refractivity contribution in [3.05, 3.63) is 24.3 Å². The Morgan fingerprint density at radius 1 is 0.350 bits per heavy atom. The predicted molar refractivity (Wildman–Crippen MR) is 182 cm³/mol. The summed E-state index contributed by atoms with van der Waals surface area (Å²) in [5.41, 5.74) is 0. The molecule has 0 aromatic rings. The quantitative estimate of drug-likeness (QED) is 0.0567. The zero-order valence-electron chi connectivity index (χ0n) is 27.8. The number of unbranched alkanes of at least 4 members (excludes halogenated alkanes) is 28. The standard InChI is InChI=1S/C39H74O/c1-3-4-5-6-7-8-9-10-11-12-13-14-15-16-17-18-19-20-21-22-23-24-25-26-27-28-29-30-31-32-33-34-35-36-37-38-39(2)40/h18-19,25-26H,3-17,20-24,27-38H2,1-2H3/b19-18+,26-25+. The third-order valence-corrected chi connectivity index (χ3v) is 8.45. The molecule has 0 fully saturated rings. The fourth-order valence-electron chi connectivity index (χ4n) is 5.68. The van der Waals surface area contributed by atoms with Gasteiger partial charge < -0.3 is 4.79 Å². The van der Waals surface area contributed by atoms with E-state index in [1.165, 1.54) is 193 Å². The highest BCUT2D eigenvalue weighted by atomic mass is 16.1. The van der Waals surface area contributed by atoms with Crippen LogP contribution in [0.3, 0.4) is 0 Å². The summed E-state index contributed by atoms with van der Waals surface area (Å²) in [5.74, 6) is 0.346. The van der Waals surface area contributed by atoms with Gasteiger partial charge in [0.05, 0.1) is 0 Å². The van der Waals surface area contributed by atoms with Gasteiger partial charge in [0.25, 0.3) is 0 Å². The largest absolute Gasteiger partial charge is 0.300 e. The number of carbonyl (C=O) groups is 1. The Morgan fingerprint density at radius 3 is 0.850 bits per heavy atom. The molecule has 40 heavy (non-hydrogen) atoms. The number of hydrogen-bond acceptors (Lipinski definition) is 1. The summed E-state index contributed by atoms with van der Waals surface area (Å²) in [7, 11) is 0. The molecule has 0 amide bonds. The molecule has 0 aromatic carbocycles. The van der Waals surface area contributed by atoms with Crippen LogP contribution in [-0.4, -0.2) is 5.78 Å².